The first-order chi connectivity index (χ1) is 10.1. The van der Waals surface area contributed by atoms with Gasteiger partial charge in [0.2, 0.25) is 0 Å². The molecule has 110 valence electrons. The first-order valence-corrected chi connectivity index (χ1v) is 7.23. The van der Waals surface area contributed by atoms with Gasteiger partial charge in [0.1, 0.15) is 0 Å². The highest BCUT2D eigenvalue weighted by molar-refractivity contribution is 6.04. The number of amides is 1. The fourth-order valence-corrected chi connectivity index (χ4v) is 2.15. The number of rotatable bonds is 5. The first kappa shape index (κ1) is 15.0. The van der Waals surface area contributed by atoms with Crippen molar-refractivity contribution in [1.29, 1.82) is 0 Å². The SMILES string of the molecule is CCN(CC)c1ccc(NC(=O)c2ccc(C)nc2)cc1. The fraction of sp³-hybridized carbons (Fsp3) is 0.294. The monoisotopic (exact) mass is 283 g/mol. The van der Waals surface area contributed by atoms with E-state index in [0.717, 1.165) is 30.2 Å². The molecule has 1 aromatic heterocycles. The third-order valence-corrected chi connectivity index (χ3v) is 3.43. The van der Waals surface area contributed by atoms with E-state index in [0.29, 0.717) is 5.56 Å². The summed E-state index contributed by atoms with van der Waals surface area (Å²) in [4.78, 5) is 18.5. The van der Waals surface area contributed by atoms with E-state index < -0.39 is 0 Å². The highest BCUT2D eigenvalue weighted by atomic mass is 16.1. The predicted molar refractivity (Wildman–Crippen MR) is 86.9 cm³/mol. The van der Waals surface area contributed by atoms with Gasteiger partial charge in [0, 0.05) is 36.4 Å². The molecule has 0 bridgehead atoms. The van der Waals surface area contributed by atoms with Crippen molar-refractivity contribution in [2.75, 3.05) is 23.3 Å². The van der Waals surface area contributed by atoms with Gasteiger partial charge in [-0.1, -0.05) is 0 Å². The molecule has 0 aliphatic carbocycles. The lowest BCUT2D eigenvalue weighted by molar-refractivity contribution is 0.102. The van der Waals surface area contributed by atoms with E-state index in [1.54, 1.807) is 12.3 Å². The Morgan fingerprint density at radius 2 is 1.76 bits per heavy atom. The molecule has 0 spiro atoms. The number of aromatic nitrogens is 1. The van der Waals surface area contributed by atoms with Gasteiger partial charge in [-0.05, 0) is 57.2 Å². The summed E-state index contributed by atoms with van der Waals surface area (Å²) in [7, 11) is 0. The highest BCUT2D eigenvalue weighted by Crippen LogP contribution is 2.18. The van der Waals surface area contributed by atoms with Crippen LogP contribution in [-0.2, 0) is 0 Å². The summed E-state index contributed by atoms with van der Waals surface area (Å²) in [6, 6.07) is 11.5. The summed E-state index contributed by atoms with van der Waals surface area (Å²) in [5, 5.41) is 2.88. The summed E-state index contributed by atoms with van der Waals surface area (Å²) in [5.41, 5.74) is 3.41. The maximum atomic E-state index is 12.1. The minimum Gasteiger partial charge on any atom is -0.372 e. The zero-order valence-electron chi connectivity index (χ0n) is 12.8. The molecule has 0 saturated heterocycles. The summed E-state index contributed by atoms with van der Waals surface area (Å²) in [6.07, 6.45) is 1.59. The lowest BCUT2D eigenvalue weighted by atomic mass is 10.2. The maximum absolute atomic E-state index is 12.1. The molecule has 0 radical (unpaired) electrons. The van der Waals surface area contributed by atoms with Gasteiger partial charge >= 0.3 is 0 Å². The maximum Gasteiger partial charge on any atom is 0.257 e. The van der Waals surface area contributed by atoms with E-state index in [-0.39, 0.29) is 5.91 Å². The van der Waals surface area contributed by atoms with Gasteiger partial charge < -0.3 is 10.2 Å². The molecule has 1 aromatic carbocycles. The Bertz CT molecular complexity index is 586. The minimum atomic E-state index is -0.141. The Balaban J connectivity index is 2.06. The molecule has 0 aliphatic heterocycles. The van der Waals surface area contributed by atoms with Crippen LogP contribution in [0.2, 0.25) is 0 Å². The van der Waals surface area contributed by atoms with Crippen molar-refractivity contribution in [2.24, 2.45) is 0 Å². The summed E-state index contributed by atoms with van der Waals surface area (Å²) < 4.78 is 0. The van der Waals surface area contributed by atoms with E-state index in [1.807, 2.05) is 37.3 Å². The Kier molecular flexibility index (Phi) is 4.93. The Hall–Kier alpha value is -2.36. The van der Waals surface area contributed by atoms with E-state index in [9.17, 15) is 4.79 Å². The lowest BCUT2D eigenvalue weighted by Crippen LogP contribution is -2.21. The summed E-state index contributed by atoms with van der Waals surface area (Å²) in [6.45, 7) is 8.09. The third-order valence-electron chi connectivity index (χ3n) is 3.43. The number of anilines is 2. The fourth-order valence-electron chi connectivity index (χ4n) is 2.15. The second-order valence-electron chi connectivity index (χ2n) is 4.86. The van der Waals surface area contributed by atoms with Gasteiger partial charge in [0.05, 0.1) is 5.56 Å². The normalized spacial score (nSPS) is 10.2. The predicted octanol–water partition coefficient (Wildman–Crippen LogP) is 3.49. The molecule has 0 saturated carbocycles. The van der Waals surface area contributed by atoms with Crippen molar-refractivity contribution >= 4 is 17.3 Å². The quantitative estimate of drug-likeness (QED) is 0.913. The molecule has 21 heavy (non-hydrogen) atoms. The van der Waals surface area contributed by atoms with Crippen molar-refractivity contribution in [2.45, 2.75) is 20.8 Å². The van der Waals surface area contributed by atoms with Gasteiger partial charge in [-0.3, -0.25) is 9.78 Å². The number of aryl methyl sites for hydroxylation is 1. The van der Waals surface area contributed by atoms with Crippen LogP contribution < -0.4 is 10.2 Å². The van der Waals surface area contributed by atoms with Crippen LogP contribution >= 0.6 is 0 Å². The van der Waals surface area contributed by atoms with Gasteiger partial charge in [0.15, 0.2) is 0 Å². The van der Waals surface area contributed by atoms with Crippen LogP contribution in [0.1, 0.15) is 29.9 Å². The van der Waals surface area contributed by atoms with Crippen LogP contribution in [-0.4, -0.2) is 24.0 Å². The average Bonchev–Trinajstić information content (AvgIpc) is 2.51. The van der Waals surface area contributed by atoms with Crippen LogP contribution in [0.3, 0.4) is 0 Å². The van der Waals surface area contributed by atoms with Crippen molar-refractivity contribution in [3.63, 3.8) is 0 Å². The molecule has 2 aromatic rings. The van der Waals surface area contributed by atoms with E-state index in [1.165, 1.54) is 0 Å². The van der Waals surface area contributed by atoms with Gasteiger partial charge in [0.25, 0.3) is 5.91 Å². The van der Waals surface area contributed by atoms with Crippen LogP contribution in [0.15, 0.2) is 42.6 Å². The molecule has 2 rings (SSSR count). The number of nitrogens with one attached hydrogen (secondary N) is 1. The van der Waals surface area contributed by atoms with Crippen LogP contribution in [0, 0.1) is 6.92 Å². The molecular formula is C17H21N3O. The molecule has 1 heterocycles. The van der Waals surface area contributed by atoms with E-state index in [2.05, 4.69) is 29.0 Å². The van der Waals surface area contributed by atoms with Crippen LogP contribution in [0.25, 0.3) is 0 Å². The van der Waals surface area contributed by atoms with Gasteiger partial charge in [-0.15, -0.1) is 0 Å². The number of carbonyl (C=O) groups is 1. The number of carbonyl (C=O) groups excluding carboxylic acids is 1. The topological polar surface area (TPSA) is 45.2 Å². The molecule has 0 unspecified atom stereocenters. The van der Waals surface area contributed by atoms with Crippen LogP contribution in [0.5, 0.6) is 0 Å². The Labute approximate surface area is 125 Å². The number of nitrogens with zero attached hydrogens (tertiary/aromatic N) is 2. The molecule has 0 fully saturated rings. The lowest BCUT2D eigenvalue weighted by Gasteiger charge is -2.21. The van der Waals surface area contributed by atoms with E-state index >= 15 is 0 Å². The number of hydrogen-bond acceptors (Lipinski definition) is 3. The van der Waals surface area contributed by atoms with Crippen molar-refractivity contribution in [3.05, 3.63) is 53.9 Å². The standard InChI is InChI=1S/C17H21N3O/c1-4-20(5-2)16-10-8-15(9-11-16)19-17(21)14-7-6-13(3)18-12-14/h6-12H,4-5H2,1-3H3,(H,19,21). The van der Waals surface area contributed by atoms with Crippen molar-refractivity contribution in [3.8, 4) is 0 Å². The second-order valence-corrected chi connectivity index (χ2v) is 4.86. The summed E-state index contributed by atoms with van der Waals surface area (Å²) in [5.74, 6) is -0.141. The van der Waals surface area contributed by atoms with Crippen LogP contribution in [0.4, 0.5) is 11.4 Å². The molecular weight excluding hydrogens is 262 g/mol. The van der Waals surface area contributed by atoms with E-state index in [4.69, 9.17) is 0 Å². The average molecular weight is 283 g/mol. The van der Waals surface area contributed by atoms with Crippen molar-refractivity contribution in [1.82, 2.24) is 4.98 Å². The first-order valence-electron chi connectivity index (χ1n) is 7.23. The molecule has 4 nitrogen and oxygen atoms in total. The highest BCUT2D eigenvalue weighted by Gasteiger charge is 2.07. The third kappa shape index (κ3) is 3.81. The van der Waals surface area contributed by atoms with Gasteiger partial charge in [-0.2, -0.15) is 0 Å². The van der Waals surface area contributed by atoms with Crippen molar-refractivity contribution < 1.29 is 4.79 Å². The van der Waals surface area contributed by atoms with Gasteiger partial charge in [-0.25, -0.2) is 0 Å². The number of hydrogen-bond donors (Lipinski definition) is 1. The Morgan fingerprint density at radius 1 is 1.10 bits per heavy atom. The molecule has 1 N–H and O–H groups in total. The number of benzene rings is 1. The minimum absolute atomic E-state index is 0.141. The zero-order chi connectivity index (χ0) is 15.2. The smallest absolute Gasteiger partial charge is 0.257 e. The molecule has 0 atom stereocenters. The largest absolute Gasteiger partial charge is 0.372 e. The molecule has 1 amide bonds. The zero-order valence-corrected chi connectivity index (χ0v) is 12.8. The second kappa shape index (κ2) is 6.88. The molecule has 0 aliphatic rings. The Morgan fingerprint density at radius 3 is 2.29 bits per heavy atom. The number of pyridine rings is 1. The summed E-state index contributed by atoms with van der Waals surface area (Å²) >= 11 is 0. The molecule has 4 heteroatoms.